The number of aromatic nitrogens is 3. The zero-order chi connectivity index (χ0) is 12.1. The minimum Gasteiger partial charge on any atom is -0.370 e. The Bertz CT molecular complexity index is 478. The summed E-state index contributed by atoms with van der Waals surface area (Å²) < 4.78 is 2.01. The van der Waals surface area contributed by atoms with Crippen molar-refractivity contribution in [3.8, 4) is 0 Å². The predicted molar refractivity (Wildman–Crippen MR) is 67.4 cm³/mol. The van der Waals surface area contributed by atoms with Crippen LogP contribution in [0.25, 0.3) is 0 Å². The molecular formula is C11H16N6. The summed E-state index contributed by atoms with van der Waals surface area (Å²) in [5.41, 5.74) is 2.51. The van der Waals surface area contributed by atoms with Crippen LogP contribution in [0, 0.1) is 0 Å². The predicted octanol–water partition coefficient (Wildman–Crippen LogP) is 0.755. The van der Waals surface area contributed by atoms with Crippen LogP contribution >= 0.6 is 0 Å². The quantitative estimate of drug-likeness (QED) is 0.523. The Hall–Kier alpha value is -2.08. The van der Waals surface area contributed by atoms with Crippen molar-refractivity contribution in [1.82, 2.24) is 14.5 Å². The first kappa shape index (κ1) is 11.4. The number of anilines is 2. The standard InChI is InChI=1S/C11H16N6/c1-17-8-7-14-11(17)5-6-13-9-3-2-4-10(15-9)16-12/h2-4,7-8H,5-6,12H2,1H3,(H2,13,15,16). The molecule has 2 heterocycles. The Balaban J connectivity index is 1.87. The molecule has 6 heteroatoms. The molecule has 2 aromatic rings. The highest BCUT2D eigenvalue weighted by Gasteiger charge is 1.99. The van der Waals surface area contributed by atoms with Crippen LogP contribution < -0.4 is 16.6 Å². The van der Waals surface area contributed by atoms with Gasteiger partial charge in [0.2, 0.25) is 0 Å². The number of nitrogens with one attached hydrogen (secondary N) is 2. The molecule has 0 saturated carbocycles. The van der Waals surface area contributed by atoms with Gasteiger partial charge in [0.15, 0.2) is 0 Å². The van der Waals surface area contributed by atoms with Crippen molar-refractivity contribution in [2.24, 2.45) is 12.9 Å². The average Bonchev–Trinajstić information content (AvgIpc) is 2.76. The van der Waals surface area contributed by atoms with Crippen molar-refractivity contribution in [2.45, 2.75) is 6.42 Å². The van der Waals surface area contributed by atoms with Crippen LogP contribution in [0.5, 0.6) is 0 Å². The molecule has 0 fully saturated rings. The van der Waals surface area contributed by atoms with Crippen LogP contribution in [-0.2, 0) is 13.5 Å². The Kier molecular flexibility index (Phi) is 3.56. The molecule has 0 spiro atoms. The van der Waals surface area contributed by atoms with Gasteiger partial charge in [-0.15, -0.1) is 0 Å². The first-order chi connectivity index (χ1) is 8.29. The molecule has 0 aromatic carbocycles. The lowest BCUT2D eigenvalue weighted by Gasteiger charge is -2.07. The minimum absolute atomic E-state index is 0.645. The second kappa shape index (κ2) is 5.31. The number of hydrogen-bond donors (Lipinski definition) is 3. The summed E-state index contributed by atoms with van der Waals surface area (Å²) in [5, 5.41) is 3.22. The summed E-state index contributed by atoms with van der Waals surface area (Å²) in [6, 6.07) is 5.61. The Labute approximate surface area is 99.9 Å². The molecule has 0 unspecified atom stereocenters. The smallest absolute Gasteiger partial charge is 0.142 e. The topological polar surface area (TPSA) is 80.8 Å². The number of nitrogens with two attached hydrogens (primary N) is 1. The summed E-state index contributed by atoms with van der Waals surface area (Å²) in [7, 11) is 1.99. The molecule has 6 nitrogen and oxygen atoms in total. The van der Waals surface area contributed by atoms with Crippen LogP contribution in [0.1, 0.15) is 5.82 Å². The van der Waals surface area contributed by atoms with E-state index in [0.717, 1.165) is 24.6 Å². The largest absolute Gasteiger partial charge is 0.370 e. The van der Waals surface area contributed by atoms with Crippen molar-refractivity contribution in [3.05, 3.63) is 36.4 Å². The van der Waals surface area contributed by atoms with Gasteiger partial charge < -0.3 is 15.3 Å². The fourth-order valence-electron chi connectivity index (χ4n) is 1.55. The average molecular weight is 232 g/mol. The fourth-order valence-corrected chi connectivity index (χ4v) is 1.55. The van der Waals surface area contributed by atoms with Crippen molar-refractivity contribution in [1.29, 1.82) is 0 Å². The van der Waals surface area contributed by atoms with Gasteiger partial charge in [-0.05, 0) is 12.1 Å². The number of nitrogens with zero attached hydrogens (tertiary/aromatic N) is 3. The monoisotopic (exact) mass is 232 g/mol. The third-order valence-corrected chi connectivity index (χ3v) is 2.47. The number of imidazole rings is 1. The molecule has 90 valence electrons. The van der Waals surface area contributed by atoms with E-state index in [9.17, 15) is 0 Å². The highest BCUT2D eigenvalue weighted by molar-refractivity contribution is 5.44. The van der Waals surface area contributed by atoms with Crippen molar-refractivity contribution < 1.29 is 0 Å². The van der Waals surface area contributed by atoms with E-state index in [4.69, 9.17) is 5.84 Å². The highest BCUT2D eigenvalue weighted by atomic mass is 15.3. The molecule has 0 bridgehead atoms. The molecule has 17 heavy (non-hydrogen) atoms. The van der Waals surface area contributed by atoms with Crippen LogP contribution in [-0.4, -0.2) is 21.1 Å². The van der Waals surface area contributed by atoms with Gasteiger partial charge in [-0.3, -0.25) is 0 Å². The van der Waals surface area contributed by atoms with Crippen molar-refractivity contribution >= 4 is 11.6 Å². The van der Waals surface area contributed by atoms with E-state index in [1.807, 2.05) is 36.0 Å². The number of nitrogen functional groups attached to an aromatic ring is 1. The summed E-state index contributed by atoms with van der Waals surface area (Å²) in [6.07, 6.45) is 4.59. The Morgan fingerprint density at radius 2 is 2.18 bits per heavy atom. The van der Waals surface area contributed by atoms with Crippen LogP contribution in [0.3, 0.4) is 0 Å². The normalized spacial score (nSPS) is 10.2. The number of hydrogen-bond acceptors (Lipinski definition) is 5. The zero-order valence-electron chi connectivity index (χ0n) is 9.72. The highest BCUT2D eigenvalue weighted by Crippen LogP contribution is 2.07. The van der Waals surface area contributed by atoms with Crippen molar-refractivity contribution in [3.63, 3.8) is 0 Å². The molecule has 0 aliphatic heterocycles. The molecule has 0 amide bonds. The summed E-state index contributed by atoms with van der Waals surface area (Å²) in [6.45, 7) is 0.784. The van der Waals surface area contributed by atoms with Gasteiger partial charge in [-0.1, -0.05) is 6.07 Å². The van der Waals surface area contributed by atoms with Gasteiger partial charge in [-0.25, -0.2) is 15.8 Å². The van der Waals surface area contributed by atoms with Gasteiger partial charge in [0, 0.05) is 32.4 Å². The second-order valence-corrected chi connectivity index (χ2v) is 3.68. The van der Waals surface area contributed by atoms with E-state index in [1.54, 1.807) is 6.20 Å². The van der Waals surface area contributed by atoms with E-state index in [1.165, 1.54) is 0 Å². The summed E-state index contributed by atoms with van der Waals surface area (Å²) in [5.74, 6) is 7.78. The van der Waals surface area contributed by atoms with Gasteiger partial charge in [0.25, 0.3) is 0 Å². The lowest BCUT2D eigenvalue weighted by atomic mass is 10.4. The van der Waals surface area contributed by atoms with Crippen LogP contribution in [0.15, 0.2) is 30.6 Å². The van der Waals surface area contributed by atoms with Crippen LogP contribution in [0.4, 0.5) is 11.6 Å². The maximum absolute atomic E-state index is 5.29. The lowest BCUT2D eigenvalue weighted by Crippen LogP contribution is -2.12. The van der Waals surface area contributed by atoms with Crippen molar-refractivity contribution in [2.75, 3.05) is 17.3 Å². The molecule has 0 aliphatic carbocycles. The van der Waals surface area contributed by atoms with E-state index < -0.39 is 0 Å². The number of rotatable bonds is 5. The van der Waals surface area contributed by atoms with Gasteiger partial charge in [0.05, 0.1) is 0 Å². The van der Waals surface area contributed by atoms with E-state index in [0.29, 0.717) is 5.82 Å². The van der Waals surface area contributed by atoms with Crippen LogP contribution in [0.2, 0.25) is 0 Å². The van der Waals surface area contributed by atoms with Gasteiger partial charge in [0.1, 0.15) is 17.5 Å². The van der Waals surface area contributed by atoms with E-state index in [-0.39, 0.29) is 0 Å². The maximum Gasteiger partial charge on any atom is 0.142 e. The second-order valence-electron chi connectivity index (χ2n) is 3.68. The first-order valence-electron chi connectivity index (χ1n) is 5.43. The fraction of sp³-hybridized carbons (Fsp3) is 0.273. The maximum atomic E-state index is 5.29. The lowest BCUT2D eigenvalue weighted by molar-refractivity contribution is 0.788. The minimum atomic E-state index is 0.645. The Morgan fingerprint density at radius 1 is 1.35 bits per heavy atom. The third-order valence-electron chi connectivity index (χ3n) is 2.47. The first-order valence-corrected chi connectivity index (χ1v) is 5.43. The SMILES string of the molecule is Cn1ccnc1CCNc1cccc(NN)n1. The van der Waals surface area contributed by atoms with E-state index in [2.05, 4.69) is 20.7 Å². The number of hydrazine groups is 1. The number of pyridine rings is 1. The molecule has 4 N–H and O–H groups in total. The van der Waals surface area contributed by atoms with Gasteiger partial charge in [-0.2, -0.15) is 0 Å². The Morgan fingerprint density at radius 3 is 2.88 bits per heavy atom. The van der Waals surface area contributed by atoms with Gasteiger partial charge >= 0.3 is 0 Å². The molecular weight excluding hydrogens is 216 g/mol. The molecule has 2 aromatic heterocycles. The molecule has 2 rings (SSSR count). The third kappa shape index (κ3) is 2.94. The molecule has 0 saturated heterocycles. The summed E-state index contributed by atoms with van der Waals surface area (Å²) >= 11 is 0. The molecule has 0 aliphatic rings. The number of aryl methyl sites for hydroxylation is 1. The molecule has 0 atom stereocenters. The summed E-state index contributed by atoms with van der Waals surface area (Å²) in [4.78, 5) is 8.51. The van der Waals surface area contributed by atoms with E-state index >= 15 is 0 Å². The molecule has 0 radical (unpaired) electrons. The zero-order valence-corrected chi connectivity index (χ0v) is 9.72.